The fourth-order valence-corrected chi connectivity index (χ4v) is 0.781. The Balaban J connectivity index is 0. The Bertz CT molecular complexity index is 226. The molecule has 0 heterocycles. The maximum absolute atomic E-state index is 8.46. The molecule has 0 saturated carbocycles. The van der Waals surface area contributed by atoms with Crippen molar-refractivity contribution in [3.63, 3.8) is 0 Å². The Kier molecular flexibility index (Phi) is 14.6. The van der Waals surface area contributed by atoms with Crippen molar-refractivity contribution in [1.29, 1.82) is 0 Å². The van der Waals surface area contributed by atoms with E-state index >= 15 is 0 Å². The zero-order chi connectivity index (χ0) is 9.23. The minimum atomic E-state index is -1.75. The van der Waals surface area contributed by atoms with Gasteiger partial charge in [-0.25, -0.2) is 0 Å². The topological polar surface area (TPSA) is 40.1 Å². The van der Waals surface area contributed by atoms with Gasteiger partial charge in [0.15, 0.2) is 0 Å². The van der Waals surface area contributed by atoms with Gasteiger partial charge >= 0.3 is 29.6 Å². The number of allylic oxidation sites excluding steroid dienone is 1. The summed E-state index contributed by atoms with van der Waals surface area (Å²) in [7, 11) is -1.75. The molecule has 1 aromatic carbocycles. The van der Waals surface area contributed by atoms with Gasteiger partial charge in [-0.1, -0.05) is 36.4 Å². The van der Waals surface area contributed by atoms with Crippen LogP contribution >= 0.6 is 8.69 Å². The van der Waals surface area contributed by atoms with E-state index in [1.54, 1.807) is 0 Å². The largest absolute Gasteiger partial charge is 1.00 e. The van der Waals surface area contributed by atoms with E-state index in [-0.39, 0.29) is 29.6 Å². The molecule has 0 N–H and O–H groups in total. The van der Waals surface area contributed by atoms with Crippen LogP contribution in [0.25, 0.3) is 0 Å². The van der Waals surface area contributed by atoms with Crippen LogP contribution in [0, 0.1) is 0 Å². The number of hydrogen-bond acceptors (Lipinski definition) is 2. The van der Waals surface area contributed by atoms with E-state index in [1.807, 2.05) is 24.3 Å². The minimum Gasteiger partial charge on any atom is -0.804 e. The van der Waals surface area contributed by atoms with Gasteiger partial charge in [0.25, 0.3) is 0 Å². The first-order chi connectivity index (χ1) is 5.85. The van der Waals surface area contributed by atoms with Crippen LogP contribution in [0.1, 0.15) is 5.56 Å². The van der Waals surface area contributed by atoms with Crippen molar-refractivity contribution in [2.75, 3.05) is 0 Å². The fourth-order valence-electron chi connectivity index (χ4n) is 0.781. The normalized spacial score (nSPS) is 8.38. The summed E-state index contributed by atoms with van der Waals surface area (Å²) in [6, 6.07) is 10.3. The Morgan fingerprint density at radius 2 is 1.85 bits per heavy atom. The molecule has 0 aliphatic heterocycles. The first-order valence-electron chi connectivity index (χ1n) is 3.55. The summed E-state index contributed by atoms with van der Waals surface area (Å²) in [5.74, 6) is 0. The van der Waals surface area contributed by atoms with E-state index in [4.69, 9.17) is 9.46 Å². The van der Waals surface area contributed by atoms with Crippen LogP contribution in [0.3, 0.4) is 0 Å². The summed E-state index contributed by atoms with van der Waals surface area (Å²) in [5, 5.41) is 0. The molecule has 0 bridgehead atoms. The van der Waals surface area contributed by atoms with Gasteiger partial charge in [-0.15, -0.1) is 6.58 Å². The summed E-state index contributed by atoms with van der Waals surface area (Å²) in [6.07, 6.45) is 2.89. The zero-order valence-electron chi connectivity index (χ0n) is 7.77. The SMILES string of the molecule is C=CCc1ccccc1.O=[PH2][O-].[Na+]. The molecular weight excluding hydrogens is 194 g/mol. The smallest absolute Gasteiger partial charge is 0.804 e. The molecule has 0 spiro atoms. The van der Waals surface area contributed by atoms with Gasteiger partial charge in [-0.2, -0.15) is 0 Å². The molecule has 0 aliphatic rings. The Hall–Kier alpha value is 0.150. The average molecular weight is 206 g/mol. The first-order valence-corrected chi connectivity index (χ1v) is 4.49. The third kappa shape index (κ3) is 10.1. The summed E-state index contributed by atoms with van der Waals surface area (Å²) < 4.78 is 8.46. The van der Waals surface area contributed by atoms with Crippen LogP contribution in [0.4, 0.5) is 0 Å². The molecule has 0 fully saturated rings. The molecule has 66 valence electrons. The molecule has 1 rings (SSSR count). The van der Waals surface area contributed by atoms with Crippen molar-refractivity contribution in [1.82, 2.24) is 0 Å². The van der Waals surface area contributed by atoms with Crippen molar-refractivity contribution in [3.8, 4) is 0 Å². The molecule has 1 aromatic rings. The van der Waals surface area contributed by atoms with E-state index in [9.17, 15) is 0 Å². The average Bonchev–Trinajstić information content (AvgIpc) is 2.08. The number of rotatable bonds is 2. The molecule has 2 nitrogen and oxygen atoms in total. The van der Waals surface area contributed by atoms with Crippen LogP contribution < -0.4 is 34.5 Å². The fraction of sp³-hybridized carbons (Fsp3) is 0.111. The zero-order valence-corrected chi connectivity index (χ0v) is 10.9. The van der Waals surface area contributed by atoms with Gasteiger partial charge in [0.2, 0.25) is 0 Å². The monoisotopic (exact) mass is 206 g/mol. The summed E-state index contributed by atoms with van der Waals surface area (Å²) >= 11 is 0. The second-order valence-corrected chi connectivity index (χ2v) is 2.27. The maximum Gasteiger partial charge on any atom is 1.00 e. The quantitative estimate of drug-likeness (QED) is 0.333. The predicted molar refractivity (Wildman–Crippen MR) is 50.7 cm³/mol. The Morgan fingerprint density at radius 3 is 2.23 bits per heavy atom. The van der Waals surface area contributed by atoms with Crippen molar-refractivity contribution in [2.24, 2.45) is 0 Å². The Labute approximate surface area is 102 Å². The third-order valence-corrected chi connectivity index (χ3v) is 1.22. The van der Waals surface area contributed by atoms with Crippen LogP contribution in [0.5, 0.6) is 0 Å². The Morgan fingerprint density at radius 1 is 1.38 bits per heavy atom. The molecule has 0 aliphatic carbocycles. The second-order valence-electron chi connectivity index (χ2n) is 2.07. The molecule has 13 heavy (non-hydrogen) atoms. The van der Waals surface area contributed by atoms with Crippen LogP contribution in [0.2, 0.25) is 0 Å². The molecule has 0 aromatic heterocycles. The van der Waals surface area contributed by atoms with E-state index in [0.29, 0.717) is 0 Å². The summed E-state index contributed by atoms with van der Waals surface area (Å²) in [4.78, 5) is 8.46. The third-order valence-electron chi connectivity index (χ3n) is 1.22. The number of benzene rings is 1. The van der Waals surface area contributed by atoms with Crippen LogP contribution in [0.15, 0.2) is 43.0 Å². The van der Waals surface area contributed by atoms with Gasteiger partial charge < -0.3 is 9.46 Å². The summed E-state index contributed by atoms with van der Waals surface area (Å²) in [6.45, 7) is 3.66. The molecular formula is C9H12NaO2P. The van der Waals surface area contributed by atoms with Gasteiger partial charge in [-0.05, 0) is 20.7 Å². The van der Waals surface area contributed by atoms with Gasteiger partial charge in [0.05, 0.1) is 0 Å². The van der Waals surface area contributed by atoms with E-state index in [0.717, 1.165) is 6.42 Å². The molecule has 4 heteroatoms. The van der Waals surface area contributed by atoms with Crippen molar-refractivity contribution >= 4 is 8.69 Å². The predicted octanol–water partition coefficient (Wildman–Crippen LogP) is -1.56. The van der Waals surface area contributed by atoms with Gasteiger partial charge in [-0.3, -0.25) is 0 Å². The van der Waals surface area contributed by atoms with Crippen LogP contribution in [-0.2, 0) is 11.0 Å². The van der Waals surface area contributed by atoms with Crippen molar-refractivity contribution in [2.45, 2.75) is 6.42 Å². The molecule has 1 atom stereocenters. The minimum absolute atomic E-state index is 0. The standard InChI is InChI=1S/C9H10.Na.H3O2P/c1-2-6-9-7-4-3-5-8-9;;1-3-2/h2-5,7-8H,1,6H2;;3H2,(H,1,2)/q;+1;/p-1. The molecule has 0 amide bonds. The molecule has 1 unspecified atom stereocenters. The van der Waals surface area contributed by atoms with Crippen LogP contribution in [-0.4, -0.2) is 0 Å². The number of hydrogen-bond donors (Lipinski definition) is 0. The maximum atomic E-state index is 8.46. The van der Waals surface area contributed by atoms with Gasteiger partial charge in [0.1, 0.15) is 0 Å². The first kappa shape index (κ1) is 15.6. The van der Waals surface area contributed by atoms with Crippen molar-refractivity contribution < 1.29 is 39.0 Å². The van der Waals surface area contributed by atoms with Crippen molar-refractivity contribution in [3.05, 3.63) is 48.6 Å². The van der Waals surface area contributed by atoms with E-state index < -0.39 is 8.69 Å². The second kappa shape index (κ2) is 12.2. The van der Waals surface area contributed by atoms with E-state index in [2.05, 4.69) is 18.7 Å². The summed E-state index contributed by atoms with van der Waals surface area (Å²) in [5.41, 5.74) is 1.33. The van der Waals surface area contributed by atoms with Gasteiger partial charge in [0, 0.05) is 0 Å². The van der Waals surface area contributed by atoms with E-state index in [1.165, 1.54) is 5.56 Å². The molecule has 0 radical (unpaired) electrons. The molecule has 0 saturated heterocycles.